The standard InChI is InChI=1S/C22H27N3O2S2/c26-12-13-29-24-17-4-5-19(21(27)23-16-2-1-3-18(28)14-16)20(15-17)25-10-8-22(6-7-22)9-11-25/h1-5,14-15,24,26,28H,6-13H2,(H,23,27). The van der Waals surface area contributed by atoms with Gasteiger partial charge in [0, 0.05) is 35.1 Å². The van der Waals surface area contributed by atoms with Crippen molar-refractivity contribution in [1.82, 2.24) is 0 Å². The number of benzene rings is 2. The largest absolute Gasteiger partial charge is 0.395 e. The van der Waals surface area contributed by atoms with Crippen LogP contribution < -0.4 is 14.9 Å². The van der Waals surface area contributed by atoms with Crippen molar-refractivity contribution in [3.8, 4) is 0 Å². The Bertz CT molecular complexity index is 876. The Kier molecular flexibility index (Phi) is 6.27. The van der Waals surface area contributed by atoms with E-state index in [-0.39, 0.29) is 12.5 Å². The van der Waals surface area contributed by atoms with Crippen LogP contribution in [-0.2, 0) is 0 Å². The van der Waals surface area contributed by atoms with Crippen molar-refractivity contribution in [3.63, 3.8) is 0 Å². The van der Waals surface area contributed by atoms with Crippen LogP contribution in [0.2, 0.25) is 0 Å². The molecule has 2 aromatic rings. The minimum absolute atomic E-state index is 0.111. The molecule has 0 unspecified atom stereocenters. The van der Waals surface area contributed by atoms with Gasteiger partial charge in [0.25, 0.3) is 5.91 Å². The van der Waals surface area contributed by atoms with E-state index in [4.69, 9.17) is 5.11 Å². The highest BCUT2D eigenvalue weighted by Crippen LogP contribution is 2.54. The summed E-state index contributed by atoms with van der Waals surface area (Å²) in [6, 6.07) is 13.3. The molecule has 5 nitrogen and oxygen atoms in total. The van der Waals surface area contributed by atoms with Crippen molar-refractivity contribution < 1.29 is 9.90 Å². The highest BCUT2D eigenvalue weighted by atomic mass is 32.2. The summed E-state index contributed by atoms with van der Waals surface area (Å²) in [5, 5.41) is 12.0. The third-order valence-electron chi connectivity index (χ3n) is 5.85. The number of rotatable bonds is 7. The second-order valence-corrected chi connectivity index (χ2v) is 9.32. The lowest BCUT2D eigenvalue weighted by molar-refractivity contribution is 0.102. The van der Waals surface area contributed by atoms with E-state index < -0.39 is 0 Å². The zero-order valence-corrected chi connectivity index (χ0v) is 18.1. The summed E-state index contributed by atoms with van der Waals surface area (Å²) < 4.78 is 3.27. The number of nitrogens with one attached hydrogen (secondary N) is 2. The lowest BCUT2D eigenvalue weighted by atomic mass is 9.93. The van der Waals surface area contributed by atoms with Gasteiger partial charge in [-0.05, 0) is 67.5 Å². The Morgan fingerprint density at radius 1 is 1.10 bits per heavy atom. The summed E-state index contributed by atoms with van der Waals surface area (Å²) in [6.45, 7) is 2.10. The molecule has 154 valence electrons. The number of hydrogen-bond donors (Lipinski definition) is 4. The van der Waals surface area contributed by atoms with Crippen molar-refractivity contribution >= 4 is 47.5 Å². The van der Waals surface area contributed by atoms with Crippen LogP contribution in [0.4, 0.5) is 17.1 Å². The fourth-order valence-corrected chi connectivity index (χ4v) is 4.62. The molecule has 3 N–H and O–H groups in total. The number of aliphatic hydroxyl groups is 1. The fourth-order valence-electron chi connectivity index (χ4n) is 3.91. The van der Waals surface area contributed by atoms with E-state index in [0.717, 1.165) is 35.0 Å². The number of hydrogen-bond acceptors (Lipinski definition) is 6. The minimum atomic E-state index is -0.111. The number of anilines is 3. The predicted molar refractivity (Wildman–Crippen MR) is 124 cm³/mol. The summed E-state index contributed by atoms with van der Waals surface area (Å²) in [4.78, 5) is 16.2. The van der Waals surface area contributed by atoms with Crippen LogP contribution in [0.3, 0.4) is 0 Å². The maximum atomic E-state index is 13.1. The van der Waals surface area contributed by atoms with Gasteiger partial charge in [0.05, 0.1) is 17.9 Å². The van der Waals surface area contributed by atoms with E-state index in [1.807, 2.05) is 36.4 Å². The van der Waals surface area contributed by atoms with Gasteiger partial charge in [-0.15, -0.1) is 12.6 Å². The summed E-state index contributed by atoms with van der Waals surface area (Å²) in [6.07, 6.45) is 5.11. The summed E-state index contributed by atoms with van der Waals surface area (Å²) in [5.41, 5.74) is 3.91. The molecule has 1 amide bonds. The second-order valence-electron chi connectivity index (χ2n) is 7.90. The van der Waals surface area contributed by atoms with Gasteiger partial charge in [-0.25, -0.2) is 0 Å². The molecule has 1 aliphatic heterocycles. The van der Waals surface area contributed by atoms with Crippen molar-refractivity contribution in [3.05, 3.63) is 48.0 Å². The summed E-state index contributed by atoms with van der Waals surface area (Å²) in [5.74, 6) is 0.504. The van der Waals surface area contributed by atoms with E-state index >= 15 is 0 Å². The molecule has 1 spiro atoms. The molecule has 0 aromatic heterocycles. The van der Waals surface area contributed by atoms with Gasteiger partial charge in [0.15, 0.2) is 0 Å². The first kappa shape index (κ1) is 20.4. The van der Waals surface area contributed by atoms with E-state index in [2.05, 4.69) is 33.6 Å². The van der Waals surface area contributed by atoms with Crippen molar-refractivity contribution in [2.24, 2.45) is 5.41 Å². The third-order valence-corrected chi connectivity index (χ3v) is 6.90. The topological polar surface area (TPSA) is 64.6 Å². The SMILES string of the molecule is O=C(Nc1cccc(S)c1)c1ccc(NSCCO)cc1N1CCC2(CC1)CC2. The first-order valence-corrected chi connectivity index (χ1v) is 11.5. The van der Waals surface area contributed by atoms with Gasteiger partial charge in [0.2, 0.25) is 0 Å². The lowest BCUT2D eigenvalue weighted by Crippen LogP contribution is -2.35. The van der Waals surface area contributed by atoms with Crippen molar-refractivity contribution in [2.45, 2.75) is 30.6 Å². The molecule has 0 radical (unpaired) electrons. The molecule has 1 saturated carbocycles. The Balaban J connectivity index is 1.56. The predicted octanol–water partition coefficient (Wildman–Crippen LogP) is 4.66. The Hall–Kier alpha value is -1.83. The number of aliphatic hydroxyl groups excluding tert-OH is 1. The number of carbonyl (C=O) groups excluding carboxylic acids is 1. The molecule has 0 atom stereocenters. The van der Waals surface area contributed by atoms with Crippen LogP contribution in [0.25, 0.3) is 0 Å². The van der Waals surface area contributed by atoms with E-state index in [9.17, 15) is 4.79 Å². The molecule has 2 aromatic carbocycles. The molecule has 4 rings (SSSR count). The molecule has 7 heteroatoms. The third kappa shape index (κ3) is 5.02. The Morgan fingerprint density at radius 3 is 2.59 bits per heavy atom. The second kappa shape index (κ2) is 8.90. The average molecular weight is 430 g/mol. The minimum Gasteiger partial charge on any atom is -0.395 e. The molecular weight excluding hydrogens is 402 g/mol. The van der Waals surface area contributed by atoms with Gasteiger partial charge >= 0.3 is 0 Å². The Morgan fingerprint density at radius 2 is 1.90 bits per heavy atom. The number of piperidine rings is 1. The number of carbonyl (C=O) groups is 1. The van der Waals surface area contributed by atoms with Crippen LogP contribution in [0.5, 0.6) is 0 Å². The van der Waals surface area contributed by atoms with Crippen LogP contribution in [0.15, 0.2) is 47.4 Å². The van der Waals surface area contributed by atoms with Gasteiger partial charge < -0.3 is 20.0 Å². The zero-order valence-electron chi connectivity index (χ0n) is 16.4. The quantitative estimate of drug-likeness (QED) is 0.293. The molecule has 0 bridgehead atoms. The molecule has 29 heavy (non-hydrogen) atoms. The van der Waals surface area contributed by atoms with Gasteiger partial charge in [0.1, 0.15) is 0 Å². The smallest absolute Gasteiger partial charge is 0.257 e. The monoisotopic (exact) mass is 429 g/mol. The number of amides is 1. The van der Waals surface area contributed by atoms with Gasteiger partial charge in [-0.3, -0.25) is 4.79 Å². The van der Waals surface area contributed by atoms with E-state index in [1.54, 1.807) is 0 Å². The average Bonchev–Trinajstić information content (AvgIpc) is 3.47. The molecule has 2 fully saturated rings. The number of nitrogens with zero attached hydrogens (tertiary/aromatic N) is 1. The normalized spacial score (nSPS) is 17.2. The fraction of sp³-hybridized carbons (Fsp3) is 0.409. The Labute approximate surface area is 181 Å². The molecule has 1 heterocycles. The number of thiol groups is 1. The lowest BCUT2D eigenvalue weighted by Gasteiger charge is -2.35. The molecule has 1 saturated heterocycles. The first-order valence-electron chi connectivity index (χ1n) is 10.1. The highest BCUT2D eigenvalue weighted by molar-refractivity contribution is 8.00. The first-order chi connectivity index (χ1) is 14.1. The summed E-state index contributed by atoms with van der Waals surface area (Å²) in [7, 11) is 0. The van der Waals surface area contributed by atoms with Gasteiger partial charge in [-0.1, -0.05) is 18.0 Å². The van der Waals surface area contributed by atoms with Crippen LogP contribution in [0, 0.1) is 5.41 Å². The molecular formula is C22H27N3O2S2. The van der Waals surface area contributed by atoms with Crippen LogP contribution in [-0.4, -0.2) is 36.5 Å². The maximum absolute atomic E-state index is 13.1. The van der Waals surface area contributed by atoms with Crippen LogP contribution in [0.1, 0.15) is 36.0 Å². The van der Waals surface area contributed by atoms with Gasteiger partial charge in [-0.2, -0.15) is 0 Å². The molecule has 1 aliphatic carbocycles. The van der Waals surface area contributed by atoms with E-state index in [0.29, 0.717) is 16.7 Å². The highest BCUT2D eigenvalue weighted by Gasteiger charge is 2.44. The maximum Gasteiger partial charge on any atom is 0.257 e. The van der Waals surface area contributed by atoms with Crippen molar-refractivity contribution in [1.29, 1.82) is 0 Å². The van der Waals surface area contributed by atoms with E-state index in [1.165, 1.54) is 37.6 Å². The van der Waals surface area contributed by atoms with Crippen molar-refractivity contribution in [2.75, 3.05) is 40.4 Å². The summed E-state index contributed by atoms with van der Waals surface area (Å²) >= 11 is 5.82. The molecule has 2 aliphatic rings. The zero-order chi connectivity index (χ0) is 20.3. The van der Waals surface area contributed by atoms with Crippen LogP contribution >= 0.6 is 24.6 Å².